The molecule has 0 aromatic heterocycles. The van der Waals surface area contributed by atoms with Gasteiger partial charge in [0.15, 0.2) is 0 Å². The van der Waals surface area contributed by atoms with E-state index < -0.39 is 5.97 Å². The van der Waals surface area contributed by atoms with Crippen LogP contribution in [0.4, 0.5) is 0 Å². The zero-order chi connectivity index (χ0) is 12.6. The monoisotopic (exact) mass is 236 g/mol. The minimum absolute atomic E-state index is 0.197. The Kier molecular flexibility index (Phi) is 3.60. The molecule has 0 heterocycles. The molecule has 2 aliphatic rings. The van der Waals surface area contributed by atoms with Gasteiger partial charge in [-0.2, -0.15) is 0 Å². The van der Waals surface area contributed by atoms with Crippen molar-refractivity contribution in [2.24, 2.45) is 29.6 Å². The Morgan fingerprint density at radius 2 is 2.12 bits per heavy atom. The molecule has 17 heavy (non-hydrogen) atoms. The summed E-state index contributed by atoms with van der Waals surface area (Å²) in [4.78, 5) is 11.2. The van der Waals surface area contributed by atoms with E-state index in [4.69, 9.17) is 0 Å². The van der Waals surface area contributed by atoms with Crippen molar-refractivity contribution in [3.8, 4) is 0 Å². The summed E-state index contributed by atoms with van der Waals surface area (Å²) in [6, 6.07) is 0. The van der Waals surface area contributed by atoms with Gasteiger partial charge in [0, 0.05) is 0 Å². The van der Waals surface area contributed by atoms with E-state index in [1.165, 1.54) is 24.8 Å². The summed E-state index contributed by atoms with van der Waals surface area (Å²) in [6.07, 6.45) is 7.14. The van der Waals surface area contributed by atoms with Crippen LogP contribution >= 0.6 is 0 Å². The second-order valence-electron chi connectivity index (χ2n) is 6.14. The summed E-state index contributed by atoms with van der Waals surface area (Å²) in [5.41, 5.74) is 1.46. The highest BCUT2D eigenvalue weighted by Gasteiger charge is 2.41. The molecule has 96 valence electrons. The number of hydrogen-bond acceptors (Lipinski definition) is 1. The van der Waals surface area contributed by atoms with Crippen LogP contribution in [0.15, 0.2) is 11.6 Å². The molecule has 1 saturated carbocycles. The largest absolute Gasteiger partial charge is 0.481 e. The van der Waals surface area contributed by atoms with Gasteiger partial charge in [0.2, 0.25) is 0 Å². The first-order chi connectivity index (χ1) is 8.00. The van der Waals surface area contributed by atoms with Gasteiger partial charge < -0.3 is 5.11 Å². The summed E-state index contributed by atoms with van der Waals surface area (Å²) in [5, 5.41) is 9.24. The molecule has 2 heteroatoms. The van der Waals surface area contributed by atoms with E-state index in [0.717, 1.165) is 18.3 Å². The Balaban J connectivity index is 2.22. The predicted octanol–water partition coefficient (Wildman–Crippen LogP) is 3.73. The van der Waals surface area contributed by atoms with Gasteiger partial charge >= 0.3 is 5.97 Å². The Morgan fingerprint density at radius 3 is 2.76 bits per heavy atom. The number of carboxylic acids is 1. The number of hydrogen-bond donors (Lipinski definition) is 1. The molecule has 0 unspecified atom stereocenters. The average molecular weight is 236 g/mol. The molecule has 0 aromatic rings. The van der Waals surface area contributed by atoms with Gasteiger partial charge in [-0.25, -0.2) is 0 Å². The van der Waals surface area contributed by atoms with Crippen LogP contribution in [-0.4, -0.2) is 11.1 Å². The van der Waals surface area contributed by atoms with Crippen molar-refractivity contribution >= 4 is 5.97 Å². The smallest absolute Gasteiger partial charge is 0.306 e. The minimum atomic E-state index is -0.625. The van der Waals surface area contributed by atoms with E-state index >= 15 is 0 Å². The van der Waals surface area contributed by atoms with Crippen molar-refractivity contribution in [1.82, 2.24) is 0 Å². The van der Waals surface area contributed by atoms with E-state index in [2.05, 4.69) is 19.9 Å². The lowest BCUT2D eigenvalue weighted by Gasteiger charge is -2.44. The normalized spacial score (nSPS) is 39.1. The van der Waals surface area contributed by atoms with Crippen molar-refractivity contribution in [1.29, 1.82) is 0 Å². The highest BCUT2D eigenvalue weighted by atomic mass is 16.4. The fourth-order valence-electron chi connectivity index (χ4n) is 3.86. The number of rotatable bonds is 2. The standard InChI is InChI=1S/C15H24O2/c1-9-4-6-12-10(2)5-7-13(14(12)8-9)11(3)15(16)17/h8,10-14H,4-7H2,1-3H3,(H,16,17)/t10-,11+,12+,13+,14+/m1/s1. The molecule has 2 rings (SSSR count). The van der Waals surface area contributed by atoms with E-state index in [9.17, 15) is 9.90 Å². The lowest BCUT2D eigenvalue weighted by Crippen LogP contribution is -2.39. The number of allylic oxidation sites excluding steroid dienone is 2. The quantitative estimate of drug-likeness (QED) is 0.742. The maximum atomic E-state index is 11.2. The third kappa shape index (κ3) is 2.41. The molecule has 2 aliphatic carbocycles. The topological polar surface area (TPSA) is 37.3 Å². The number of fused-ring (bicyclic) bond motifs is 1. The number of carboxylic acid groups (broad SMARTS) is 1. The van der Waals surface area contributed by atoms with Crippen LogP contribution in [-0.2, 0) is 4.79 Å². The van der Waals surface area contributed by atoms with Crippen molar-refractivity contribution in [2.75, 3.05) is 0 Å². The summed E-state index contributed by atoms with van der Waals surface area (Å²) in [6.45, 7) is 6.42. The van der Waals surface area contributed by atoms with Crippen LogP contribution in [0.3, 0.4) is 0 Å². The molecular weight excluding hydrogens is 212 g/mol. The van der Waals surface area contributed by atoms with Crippen molar-refractivity contribution in [3.63, 3.8) is 0 Å². The van der Waals surface area contributed by atoms with Crippen LogP contribution in [0.25, 0.3) is 0 Å². The van der Waals surface area contributed by atoms with Crippen molar-refractivity contribution < 1.29 is 9.90 Å². The van der Waals surface area contributed by atoms with Crippen LogP contribution in [0.1, 0.15) is 46.5 Å². The number of carbonyl (C=O) groups is 1. The second-order valence-corrected chi connectivity index (χ2v) is 6.14. The molecule has 0 spiro atoms. The fraction of sp³-hybridized carbons (Fsp3) is 0.800. The maximum absolute atomic E-state index is 11.2. The molecule has 2 nitrogen and oxygen atoms in total. The van der Waals surface area contributed by atoms with E-state index in [-0.39, 0.29) is 5.92 Å². The van der Waals surface area contributed by atoms with Gasteiger partial charge in [-0.1, -0.05) is 31.9 Å². The van der Waals surface area contributed by atoms with Crippen LogP contribution in [0, 0.1) is 29.6 Å². The van der Waals surface area contributed by atoms with Gasteiger partial charge in [-0.3, -0.25) is 4.79 Å². The van der Waals surface area contributed by atoms with Gasteiger partial charge in [-0.05, 0) is 49.9 Å². The zero-order valence-electron chi connectivity index (χ0n) is 11.1. The minimum Gasteiger partial charge on any atom is -0.481 e. The van der Waals surface area contributed by atoms with E-state index in [1.54, 1.807) is 0 Å². The Hall–Kier alpha value is -0.790. The summed E-state index contributed by atoms with van der Waals surface area (Å²) in [5.74, 6) is 1.53. The highest BCUT2D eigenvalue weighted by molar-refractivity contribution is 5.70. The molecule has 0 radical (unpaired) electrons. The van der Waals surface area contributed by atoms with E-state index in [1.807, 2.05) is 6.92 Å². The third-order valence-corrected chi connectivity index (χ3v) is 5.06. The molecule has 0 saturated heterocycles. The van der Waals surface area contributed by atoms with Crippen molar-refractivity contribution in [2.45, 2.75) is 46.5 Å². The lowest BCUT2D eigenvalue weighted by molar-refractivity contribution is -0.144. The molecule has 0 aromatic carbocycles. The predicted molar refractivity (Wildman–Crippen MR) is 68.7 cm³/mol. The van der Waals surface area contributed by atoms with Crippen LogP contribution in [0.5, 0.6) is 0 Å². The van der Waals surface area contributed by atoms with Gasteiger partial charge in [0.25, 0.3) is 0 Å². The molecule has 1 N–H and O–H groups in total. The number of aliphatic carboxylic acids is 1. The Labute approximate surface area is 104 Å². The summed E-state index contributed by atoms with van der Waals surface area (Å²) in [7, 11) is 0. The second kappa shape index (κ2) is 4.83. The highest BCUT2D eigenvalue weighted by Crippen LogP contribution is 2.47. The molecule has 0 aliphatic heterocycles. The lowest BCUT2D eigenvalue weighted by atomic mass is 9.60. The summed E-state index contributed by atoms with van der Waals surface area (Å²) < 4.78 is 0. The maximum Gasteiger partial charge on any atom is 0.306 e. The van der Waals surface area contributed by atoms with Gasteiger partial charge in [0.1, 0.15) is 0 Å². The first-order valence-corrected chi connectivity index (χ1v) is 6.90. The van der Waals surface area contributed by atoms with Crippen molar-refractivity contribution in [3.05, 3.63) is 11.6 Å². The molecule has 5 atom stereocenters. The zero-order valence-corrected chi connectivity index (χ0v) is 11.1. The molecule has 1 fully saturated rings. The first kappa shape index (κ1) is 12.7. The molecule has 0 bridgehead atoms. The van der Waals surface area contributed by atoms with E-state index in [0.29, 0.717) is 11.8 Å². The SMILES string of the molecule is CC1=C[C@H]2[C@@H](CC1)[C@H](C)CC[C@H]2[C@H](C)C(=O)O. The molecule has 0 amide bonds. The Morgan fingerprint density at radius 1 is 1.41 bits per heavy atom. The first-order valence-electron chi connectivity index (χ1n) is 6.90. The summed E-state index contributed by atoms with van der Waals surface area (Å²) >= 11 is 0. The fourth-order valence-corrected chi connectivity index (χ4v) is 3.86. The Bertz CT molecular complexity index is 332. The van der Waals surface area contributed by atoms with Crippen LogP contribution in [0.2, 0.25) is 0 Å². The third-order valence-electron chi connectivity index (χ3n) is 5.06. The average Bonchev–Trinajstić information content (AvgIpc) is 2.28. The molecular formula is C15H24O2. The van der Waals surface area contributed by atoms with Crippen LogP contribution < -0.4 is 0 Å². The van der Waals surface area contributed by atoms with Gasteiger partial charge in [0.05, 0.1) is 5.92 Å². The van der Waals surface area contributed by atoms with Gasteiger partial charge in [-0.15, -0.1) is 0 Å².